The molecule has 27 nitrogen and oxygen atoms in total. The second-order valence-corrected chi connectivity index (χ2v) is 35.5. The number of carboxylic acid groups (broad SMARTS) is 1. The molecule has 0 fully saturated rings. The van der Waals surface area contributed by atoms with E-state index >= 15 is 0 Å². The summed E-state index contributed by atoms with van der Waals surface area (Å²) in [4.78, 5) is 47.6. The summed E-state index contributed by atoms with van der Waals surface area (Å²) in [6.45, 7) is 15.3. The average molecular weight is 2110 g/mol. The van der Waals surface area contributed by atoms with Crippen molar-refractivity contribution in [3.05, 3.63) is 355 Å². The Hall–Kier alpha value is -12.3. The molecule has 0 bridgehead atoms. The SMILES string of the molecule is CCOC(=O)Cc1ccc(C#N)cc1OCc1cc(-c2cccc(CC)c2)c2oc(COC)cc2c1.CCOC(=O)Cc1ccc(CN)cc1OCc1cc(-c2cccc(CC)c2)c2oc(COC)cc2c1.CCOC(=O)Cc1ccc(CN)cc1OCc1cc(-c2cccc(CN)c2)c2oc(COC)cc2c1.COCc1cc2cc(COc3cc(CN)ccc3CC(=O)O)cc(-c3cccc(CN)c3)c2o1.[B].[Cl][Ni][Cl].[H-].[Li+].[Na+].[OH-]. The number of nitrogens with zero attached hydrogens (tertiary/aromatic N) is 1. The summed E-state index contributed by atoms with van der Waals surface area (Å²) in [5.74, 6) is 3.41. The molecule has 0 saturated heterocycles. The molecular weight excluding hydrogens is 1980 g/mol. The molecule has 33 heteroatoms. The number of esters is 3. The number of benzene rings is 12. The molecule has 16 rings (SSSR count). The third-order valence-electron chi connectivity index (χ3n) is 23.4. The van der Waals surface area contributed by atoms with E-state index in [9.17, 15) is 29.5 Å². The molecule has 0 aliphatic rings. The molecular formula is C116H124BCl2LiN6NaNiO21. The van der Waals surface area contributed by atoms with Crippen molar-refractivity contribution in [3.63, 3.8) is 0 Å². The molecule has 0 aliphatic carbocycles. The minimum atomic E-state index is -0.919. The summed E-state index contributed by atoms with van der Waals surface area (Å²) in [7, 11) is 16.0. The van der Waals surface area contributed by atoms with Crippen LogP contribution in [0.5, 0.6) is 23.0 Å². The minimum absolute atomic E-state index is 0. The molecule has 4 aromatic heterocycles. The van der Waals surface area contributed by atoms with E-state index in [2.05, 4.69) is 98.8 Å². The van der Waals surface area contributed by atoms with Gasteiger partial charge in [0.25, 0.3) is 0 Å². The number of hydrogen-bond donors (Lipinski definition) is 6. The Bertz CT molecular complexity index is 6950. The molecule has 12 aromatic carbocycles. The van der Waals surface area contributed by atoms with Crippen LogP contribution in [0.4, 0.5) is 0 Å². The van der Waals surface area contributed by atoms with Gasteiger partial charge >= 0.3 is 105 Å². The molecule has 4 heterocycles. The Morgan fingerprint density at radius 1 is 0.342 bits per heavy atom. The predicted molar refractivity (Wildman–Crippen MR) is 568 cm³/mol. The van der Waals surface area contributed by atoms with Crippen LogP contribution in [-0.2, 0) is 189 Å². The fraction of sp³-hybridized carbons (Fsp3) is 0.267. The Kier molecular flexibility index (Phi) is 51.0. The fourth-order valence-electron chi connectivity index (χ4n) is 16.6. The summed E-state index contributed by atoms with van der Waals surface area (Å²) in [5.41, 5.74) is 54.8. The van der Waals surface area contributed by atoms with Crippen molar-refractivity contribution in [1.82, 2.24) is 0 Å². The normalized spacial score (nSPS) is 10.7. The van der Waals surface area contributed by atoms with Gasteiger partial charge in [-0.25, -0.2) is 0 Å². The Balaban J connectivity index is 0.000000265. The van der Waals surface area contributed by atoms with Crippen LogP contribution < -0.4 is 96.0 Å². The van der Waals surface area contributed by atoms with E-state index in [0.29, 0.717) is 145 Å². The van der Waals surface area contributed by atoms with Crippen LogP contribution in [0.2, 0.25) is 0 Å². The van der Waals surface area contributed by atoms with Crippen molar-refractivity contribution >= 4 is 96.6 Å². The van der Waals surface area contributed by atoms with Crippen molar-refractivity contribution in [1.29, 1.82) is 5.26 Å². The zero-order valence-electron chi connectivity index (χ0n) is 86.8. The first-order valence-electron chi connectivity index (χ1n) is 47.5. The number of fused-ring (bicyclic) bond motifs is 4. The van der Waals surface area contributed by atoms with Crippen LogP contribution >= 0.6 is 20.4 Å². The van der Waals surface area contributed by atoms with E-state index in [1.165, 1.54) is 11.1 Å². The summed E-state index contributed by atoms with van der Waals surface area (Å²) in [5, 5.41) is 22.5. The van der Waals surface area contributed by atoms with Gasteiger partial charge in [-0.1, -0.05) is 141 Å². The number of nitriles is 1. The Morgan fingerprint density at radius 2 is 0.591 bits per heavy atom. The van der Waals surface area contributed by atoms with E-state index in [1.807, 2.05) is 133 Å². The number of rotatable bonds is 42. The van der Waals surface area contributed by atoms with Crippen molar-refractivity contribution in [2.45, 2.75) is 159 Å². The summed E-state index contributed by atoms with van der Waals surface area (Å²) < 4.78 is 85.8. The van der Waals surface area contributed by atoms with Gasteiger partial charge in [-0.05, 0) is 232 Å². The van der Waals surface area contributed by atoms with Gasteiger partial charge in [0.15, 0.2) is 0 Å². The van der Waals surface area contributed by atoms with Gasteiger partial charge in [-0.3, -0.25) is 19.2 Å². The van der Waals surface area contributed by atoms with Gasteiger partial charge in [0.1, 0.15) is 121 Å². The number of nitrogens with two attached hydrogens (primary N) is 5. The number of carbonyl (C=O) groups is 4. The van der Waals surface area contributed by atoms with Crippen molar-refractivity contribution in [3.8, 4) is 73.6 Å². The van der Waals surface area contributed by atoms with Crippen LogP contribution in [0, 0.1) is 11.3 Å². The first-order chi connectivity index (χ1) is 70.5. The maximum Gasteiger partial charge on any atom is 1.00 e. The van der Waals surface area contributed by atoms with Crippen molar-refractivity contribution < 1.29 is 162 Å². The smallest absolute Gasteiger partial charge is 1.00 e. The van der Waals surface area contributed by atoms with Gasteiger partial charge < -0.3 is 110 Å². The molecule has 0 amide bonds. The number of carboxylic acids is 1. The molecule has 0 atom stereocenters. The van der Waals surface area contributed by atoms with Crippen LogP contribution in [0.1, 0.15) is 148 Å². The quantitative estimate of drug-likeness (QED) is 0.0118. The van der Waals surface area contributed by atoms with E-state index in [-0.39, 0.29) is 121 Å². The summed E-state index contributed by atoms with van der Waals surface area (Å²) >= 11 is 0.569. The average Bonchev–Trinajstić information content (AvgIpc) is 1.64. The number of ether oxygens (including phenoxy) is 11. The number of aryl methyl sites for hydroxylation is 2. The van der Waals surface area contributed by atoms with Gasteiger partial charge in [-0.15, -0.1) is 0 Å². The molecule has 3 radical (unpaired) electrons. The maximum absolute atomic E-state index is 12.1. The topological polar surface area (TPSA) is 426 Å². The summed E-state index contributed by atoms with van der Waals surface area (Å²) in [6.07, 6.45) is 2.11. The third kappa shape index (κ3) is 34.6. The van der Waals surface area contributed by atoms with Gasteiger partial charge in [-0.2, -0.15) is 5.26 Å². The van der Waals surface area contributed by atoms with Gasteiger partial charge in [0.2, 0.25) is 0 Å². The summed E-state index contributed by atoms with van der Waals surface area (Å²) in [6, 6.07) is 81.3. The van der Waals surface area contributed by atoms with E-state index in [0.717, 1.165) is 185 Å². The first kappa shape index (κ1) is 122. The zero-order valence-corrected chi connectivity index (χ0v) is 90.3. The number of hydrogen-bond acceptors (Lipinski definition) is 26. The van der Waals surface area contributed by atoms with E-state index < -0.39 is 5.97 Å². The number of halogens is 2. The maximum atomic E-state index is 12.1. The molecule has 0 unspecified atom stereocenters. The standard InChI is InChI=1S/C30H33NO5.C30H29NO5.C29H32N2O5.C27H28N2O5.B.2ClH.Li.Na.Ni.H2O.H/c2*1-4-20-7-6-8-23(11-20)27-13-22(12-25-15-26(19-33-3)36-30(25)27)18-35-28-14-21(17-31)9-10-24(28)16-29(32)34-5-2;1-3-34-28(32)14-23-8-7-20(16-31)12-27(23)35-17-21-10-24-13-25(18-33-2)36-29(24)26(11-21)22-6-4-5-19(9-22)15-30;1-32-16-23-11-22-8-19(9-24(27(22)34-23)20-4-2-3-17(7-20)13-28)15-33-25-10-18(14-29)5-6-21(25)12-26(30)31;;;;;;;;/h6-15H,4-5,16-19,31H2,1-3H3;6-15H,4-5,16,18-19H2,1-3H3;4-13H,3,14-18,30-31H2,1-2H3;2-11H,12-16,28-29H2,1H3,(H,30,31);;2*1H;;;;1H2;/q;;;;;;;2*+1;+2;;-1/p-3. The minimum Gasteiger partial charge on any atom is -1.00 e. The second-order valence-electron chi connectivity index (χ2n) is 33.8. The molecule has 12 N–H and O–H groups in total. The zero-order chi connectivity index (χ0) is 103. The molecule has 0 saturated carbocycles. The number of carbonyl (C=O) groups excluding carboxylic acids is 3. The first-order valence-corrected chi connectivity index (χ1v) is 50.2. The second kappa shape index (κ2) is 62.4. The van der Waals surface area contributed by atoms with Crippen LogP contribution in [0.15, 0.2) is 260 Å². The molecule has 0 aliphatic heterocycles. The van der Waals surface area contributed by atoms with Gasteiger partial charge in [0.05, 0.1) is 57.1 Å². The van der Waals surface area contributed by atoms with E-state index in [1.54, 1.807) is 79.5 Å². The largest absolute Gasteiger partial charge is 1.00 e. The van der Waals surface area contributed by atoms with Crippen LogP contribution in [0.25, 0.3) is 88.4 Å². The van der Waals surface area contributed by atoms with Crippen LogP contribution in [-0.4, -0.2) is 91.1 Å². The predicted octanol–water partition coefficient (Wildman–Crippen LogP) is 16.5. The number of aliphatic carboxylic acids is 1. The molecule has 0 spiro atoms. The van der Waals surface area contributed by atoms with Gasteiger partial charge in [0, 0.05) is 136 Å². The molecule has 16 aromatic rings. The number of furan rings is 4. The molecule has 773 valence electrons. The van der Waals surface area contributed by atoms with Crippen molar-refractivity contribution in [2.75, 3.05) is 48.3 Å². The third-order valence-corrected chi connectivity index (χ3v) is 23.4. The fourth-order valence-corrected chi connectivity index (χ4v) is 16.6. The van der Waals surface area contributed by atoms with Crippen molar-refractivity contribution in [2.24, 2.45) is 28.7 Å². The van der Waals surface area contributed by atoms with Crippen LogP contribution in [0.3, 0.4) is 0 Å². The Labute approximate surface area is 920 Å². The monoisotopic (exact) mass is 2110 g/mol. The number of methoxy groups -OCH3 is 4. The molecule has 149 heavy (non-hydrogen) atoms. The Morgan fingerprint density at radius 3 is 0.839 bits per heavy atom. The van der Waals surface area contributed by atoms with E-state index in [4.69, 9.17) is 119 Å².